The van der Waals surface area contributed by atoms with Gasteiger partial charge in [0.15, 0.2) is 0 Å². The van der Waals surface area contributed by atoms with Gasteiger partial charge < -0.3 is 10.1 Å². The van der Waals surface area contributed by atoms with Gasteiger partial charge in [0.25, 0.3) is 0 Å². The molecule has 4 nitrogen and oxygen atoms in total. The monoisotopic (exact) mass is 406 g/mol. The van der Waals surface area contributed by atoms with Crippen molar-refractivity contribution < 1.29 is 9.53 Å². The first-order valence-corrected chi connectivity index (χ1v) is 10.0. The molecule has 0 radical (unpaired) electrons. The molecule has 2 aromatic carbocycles. The number of hydrogen-bond donors (Lipinski definition) is 1. The second-order valence-electron chi connectivity index (χ2n) is 6.72. The number of piperidine rings is 1. The highest BCUT2D eigenvalue weighted by molar-refractivity contribution is 6.35. The average Bonchev–Trinajstić information content (AvgIpc) is 2.67. The van der Waals surface area contributed by atoms with Crippen molar-refractivity contribution in [1.29, 1.82) is 0 Å². The van der Waals surface area contributed by atoms with E-state index in [1.165, 1.54) is 0 Å². The lowest BCUT2D eigenvalue weighted by Gasteiger charge is -2.32. The van der Waals surface area contributed by atoms with Crippen molar-refractivity contribution >= 4 is 34.8 Å². The molecule has 0 aliphatic carbocycles. The van der Waals surface area contributed by atoms with Crippen LogP contribution in [0.2, 0.25) is 10.0 Å². The molecule has 1 aliphatic heterocycles. The zero-order chi connectivity index (χ0) is 19.2. The van der Waals surface area contributed by atoms with E-state index in [-0.39, 0.29) is 11.8 Å². The fraction of sp³-hybridized carbons (Fsp3) is 0.381. The molecule has 6 heteroatoms. The highest BCUT2D eigenvalue weighted by Gasteiger charge is 2.26. The van der Waals surface area contributed by atoms with Crippen molar-refractivity contribution in [3.8, 4) is 5.75 Å². The summed E-state index contributed by atoms with van der Waals surface area (Å²) in [5.41, 5.74) is 1.71. The molecule has 0 bridgehead atoms. The Bertz CT molecular complexity index is 760. The van der Waals surface area contributed by atoms with Crippen molar-refractivity contribution in [3.05, 3.63) is 58.1 Å². The molecule has 0 unspecified atom stereocenters. The van der Waals surface area contributed by atoms with Crippen molar-refractivity contribution in [3.63, 3.8) is 0 Å². The normalized spacial score (nSPS) is 17.5. The molecule has 1 N–H and O–H groups in total. The van der Waals surface area contributed by atoms with Crippen LogP contribution in [0.1, 0.15) is 25.3 Å². The summed E-state index contributed by atoms with van der Waals surface area (Å²) in [6.45, 7) is 4.86. The first-order chi connectivity index (χ1) is 13.1. The third kappa shape index (κ3) is 5.38. The number of amides is 1. The maximum atomic E-state index is 12.7. The van der Waals surface area contributed by atoms with Gasteiger partial charge in [-0.3, -0.25) is 9.69 Å². The Morgan fingerprint density at radius 1 is 1.19 bits per heavy atom. The number of likely N-dealkylation sites (tertiary alicyclic amines) is 1. The van der Waals surface area contributed by atoms with E-state index < -0.39 is 0 Å². The topological polar surface area (TPSA) is 41.6 Å². The van der Waals surface area contributed by atoms with E-state index in [2.05, 4.69) is 10.2 Å². The van der Waals surface area contributed by atoms with Gasteiger partial charge in [-0.05, 0) is 62.7 Å². The van der Waals surface area contributed by atoms with Gasteiger partial charge in [0.05, 0.1) is 12.5 Å². The van der Waals surface area contributed by atoms with Gasteiger partial charge in [-0.25, -0.2) is 0 Å². The maximum Gasteiger partial charge on any atom is 0.228 e. The van der Waals surface area contributed by atoms with E-state index in [1.54, 1.807) is 0 Å². The number of hydrogen-bond acceptors (Lipinski definition) is 3. The number of carbonyl (C=O) groups excluding carboxylic acids is 1. The minimum absolute atomic E-state index is 0.0495. The summed E-state index contributed by atoms with van der Waals surface area (Å²) in [5, 5.41) is 4.35. The second kappa shape index (κ2) is 9.45. The van der Waals surface area contributed by atoms with Crippen molar-refractivity contribution in [2.45, 2.75) is 26.3 Å². The van der Waals surface area contributed by atoms with E-state index in [0.717, 1.165) is 36.4 Å². The lowest BCUT2D eigenvalue weighted by atomic mass is 9.96. The van der Waals surface area contributed by atoms with Crippen molar-refractivity contribution in [2.24, 2.45) is 5.92 Å². The zero-order valence-corrected chi connectivity index (χ0v) is 16.9. The van der Waals surface area contributed by atoms with Gasteiger partial charge in [0.2, 0.25) is 5.91 Å². The van der Waals surface area contributed by atoms with E-state index in [1.807, 2.05) is 49.4 Å². The Morgan fingerprint density at radius 2 is 1.89 bits per heavy atom. The predicted molar refractivity (Wildman–Crippen MR) is 111 cm³/mol. The number of anilines is 1. The van der Waals surface area contributed by atoms with Crippen LogP contribution < -0.4 is 10.1 Å². The van der Waals surface area contributed by atoms with E-state index >= 15 is 0 Å². The van der Waals surface area contributed by atoms with Crippen molar-refractivity contribution in [1.82, 2.24) is 4.90 Å². The Labute approximate surface area is 170 Å². The van der Waals surface area contributed by atoms with Crippen LogP contribution in [-0.4, -0.2) is 30.5 Å². The molecule has 1 heterocycles. The van der Waals surface area contributed by atoms with Crippen LogP contribution >= 0.6 is 23.2 Å². The predicted octanol–water partition coefficient (Wildman–Crippen LogP) is 5.24. The number of nitrogens with zero attached hydrogens (tertiary/aromatic N) is 1. The Hall–Kier alpha value is -1.75. The van der Waals surface area contributed by atoms with Crippen LogP contribution in [-0.2, 0) is 11.3 Å². The maximum absolute atomic E-state index is 12.7. The summed E-state index contributed by atoms with van der Waals surface area (Å²) in [6, 6.07) is 13.0. The molecular weight excluding hydrogens is 383 g/mol. The Balaban J connectivity index is 1.59. The quantitative estimate of drug-likeness (QED) is 0.712. The molecule has 3 rings (SSSR count). The molecule has 2 aromatic rings. The van der Waals surface area contributed by atoms with Crippen molar-refractivity contribution in [2.75, 3.05) is 25.0 Å². The van der Waals surface area contributed by atoms with Gasteiger partial charge >= 0.3 is 0 Å². The van der Waals surface area contributed by atoms with Crippen LogP contribution in [0.5, 0.6) is 5.75 Å². The molecule has 0 spiro atoms. The van der Waals surface area contributed by atoms with E-state index in [4.69, 9.17) is 27.9 Å². The fourth-order valence-corrected chi connectivity index (χ4v) is 3.88. The highest BCUT2D eigenvalue weighted by atomic mass is 35.5. The molecule has 1 saturated heterocycles. The summed E-state index contributed by atoms with van der Waals surface area (Å²) < 4.78 is 5.43. The van der Waals surface area contributed by atoms with E-state index in [0.29, 0.717) is 29.7 Å². The standard InChI is InChI=1S/C21H24Cl2N2O2/c1-2-27-17-10-8-16(9-11-17)24-21(26)15-5-4-12-25(13-15)14-18-19(22)6-3-7-20(18)23/h3,6-11,15H,2,4-5,12-14H2,1H3,(H,24,26)/t15-/m0/s1. The lowest BCUT2D eigenvalue weighted by molar-refractivity contribution is -0.121. The van der Waals surface area contributed by atoms with Gasteiger partial charge in [0, 0.05) is 34.4 Å². The number of benzene rings is 2. The average molecular weight is 407 g/mol. The first kappa shape index (κ1) is 20.0. The van der Waals surface area contributed by atoms with Crippen LogP contribution in [0.4, 0.5) is 5.69 Å². The summed E-state index contributed by atoms with van der Waals surface area (Å²) in [4.78, 5) is 14.9. The number of rotatable bonds is 6. The van der Waals surface area contributed by atoms with Crippen LogP contribution in [0, 0.1) is 5.92 Å². The first-order valence-electron chi connectivity index (χ1n) is 9.25. The summed E-state index contributed by atoms with van der Waals surface area (Å²) in [7, 11) is 0. The molecule has 0 aromatic heterocycles. The van der Waals surface area contributed by atoms with Crippen LogP contribution in [0.3, 0.4) is 0 Å². The molecule has 144 valence electrons. The third-order valence-corrected chi connectivity index (χ3v) is 5.46. The molecule has 1 atom stereocenters. The molecule has 1 aliphatic rings. The van der Waals surface area contributed by atoms with Gasteiger partial charge in [0.1, 0.15) is 5.75 Å². The second-order valence-corrected chi connectivity index (χ2v) is 7.54. The van der Waals surface area contributed by atoms with Crippen LogP contribution in [0.15, 0.2) is 42.5 Å². The highest BCUT2D eigenvalue weighted by Crippen LogP contribution is 2.28. The Kier molecular flexibility index (Phi) is 7.00. The molecule has 1 amide bonds. The minimum Gasteiger partial charge on any atom is -0.494 e. The number of halogens is 2. The number of carbonyl (C=O) groups is 1. The lowest BCUT2D eigenvalue weighted by Crippen LogP contribution is -2.40. The summed E-state index contributed by atoms with van der Waals surface area (Å²) >= 11 is 12.6. The Morgan fingerprint density at radius 3 is 2.56 bits per heavy atom. The van der Waals surface area contributed by atoms with Gasteiger partial charge in [-0.2, -0.15) is 0 Å². The minimum atomic E-state index is -0.0495. The summed E-state index contributed by atoms with van der Waals surface area (Å²) in [5.74, 6) is 0.802. The van der Waals surface area contributed by atoms with Gasteiger partial charge in [-0.1, -0.05) is 29.3 Å². The smallest absolute Gasteiger partial charge is 0.228 e. The summed E-state index contributed by atoms with van der Waals surface area (Å²) in [6.07, 6.45) is 1.86. The van der Waals surface area contributed by atoms with E-state index in [9.17, 15) is 4.79 Å². The fourth-order valence-electron chi connectivity index (χ4n) is 3.37. The largest absolute Gasteiger partial charge is 0.494 e. The molecular formula is C21H24Cl2N2O2. The van der Waals surface area contributed by atoms with Crippen LogP contribution in [0.25, 0.3) is 0 Å². The molecule has 1 fully saturated rings. The number of ether oxygens (including phenoxy) is 1. The van der Waals surface area contributed by atoms with Gasteiger partial charge in [-0.15, -0.1) is 0 Å². The third-order valence-electron chi connectivity index (χ3n) is 4.75. The molecule has 0 saturated carbocycles. The molecule has 27 heavy (non-hydrogen) atoms. The number of nitrogens with one attached hydrogen (secondary N) is 1. The zero-order valence-electron chi connectivity index (χ0n) is 15.4. The SMILES string of the molecule is CCOc1ccc(NC(=O)[C@H]2CCCN(Cc3c(Cl)cccc3Cl)C2)cc1.